The zero-order valence-electron chi connectivity index (χ0n) is 11.7. The van der Waals surface area contributed by atoms with E-state index in [0.29, 0.717) is 12.0 Å². The van der Waals surface area contributed by atoms with Crippen LogP contribution in [0.3, 0.4) is 0 Å². The molecule has 0 aromatic heterocycles. The van der Waals surface area contributed by atoms with Crippen molar-refractivity contribution in [1.82, 2.24) is 5.32 Å². The second-order valence-corrected chi connectivity index (χ2v) is 6.26. The molecule has 18 heavy (non-hydrogen) atoms. The topological polar surface area (TPSA) is 55.1 Å². The number of carbonyl (C=O) groups excluding carboxylic acids is 1. The molecule has 2 aliphatic rings. The van der Waals surface area contributed by atoms with Crippen LogP contribution in [0.1, 0.15) is 64.7 Å². The highest BCUT2D eigenvalue weighted by Gasteiger charge is 2.33. The van der Waals surface area contributed by atoms with Crippen LogP contribution in [-0.4, -0.2) is 18.0 Å². The lowest BCUT2D eigenvalue weighted by Crippen LogP contribution is -2.46. The van der Waals surface area contributed by atoms with E-state index in [1.807, 2.05) is 0 Å². The second-order valence-electron chi connectivity index (χ2n) is 6.26. The first-order chi connectivity index (χ1) is 8.68. The van der Waals surface area contributed by atoms with E-state index in [1.54, 1.807) is 0 Å². The van der Waals surface area contributed by atoms with Crippen LogP contribution in [-0.2, 0) is 4.79 Å². The summed E-state index contributed by atoms with van der Waals surface area (Å²) in [7, 11) is 0. The summed E-state index contributed by atoms with van der Waals surface area (Å²) in [5, 5.41) is 3.29. The Kier molecular flexibility index (Phi) is 5.04. The summed E-state index contributed by atoms with van der Waals surface area (Å²) in [5.41, 5.74) is 6.08. The van der Waals surface area contributed by atoms with Crippen LogP contribution in [0.5, 0.6) is 0 Å². The SMILES string of the molecule is CC1C(N)CCCC1C(=O)NC1CCCCCC1. The van der Waals surface area contributed by atoms with Crippen molar-refractivity contribution in [1.29, 1.82) is 0 Å². The molecule has 0 bridgehead atoms. The highest BCUT2D eigenvalue weighted by atomic mass is 16.2. The van der Waals surface area contributed by atoms with Crippen LogP contribution in [0.2, 0.25) is 0 Å². The van der Waals surface area contributed by atoms with Crippen LogP contribution < -0.4 is 11.1 Å². The fourth-order valence-corrected chi connectivity index (χ4v) is 3.50. The molecule has 2 fully saturated rings. The Morgan fingerprint density at radius 3 is 2.33 bits per heavy atom. The monoisotopic (exact) mass is 252 g/mol. The number of amides is 1. The number of carbonyl (C=O) groups is 1. The Labute approximate surface area is 111 Å². The molecule has 2 aliphatic carbocycles. The molecule has 3 N–H and O–H groups in total. The standard InChI is InChI=1S/C15H28N2O/c1-11-13(9-6-10-14(11)16)15(18)17-12-7-4-2-3-5-8-12/h11-14H,2-10,16H2,1H3,(H,17,18). The highest BCUT2D eigenvalue weighted by molar-refractivity contribution is 5.79. The van der Waals surface area contributed by atoms with Crippen molar-refractivity contribution < 1.29 is 4.79 Å². The average Bonchev–Trinajstić information content (AvgIpc) is 2.61. The highest BCUT2D eigenvalue weighted by Crippen LogP contribution is 2.29. The first-order valence-electron chi connectivity index (χ1n) is 7.74. The van der Waals surface area contributed by atoms with Crippen molar-refractivity contribution in [3.8, 4) is 0 Å². The molecule has 0 spiro atoms. The Balaban J connectivity index is 1.86. The molecule has 104 valence electrons. The van der Waals surface area contributed by atoms with Crippen LogP contribution in [0.25, 0.3) is 0 Å². The van der Waals surface area contributed by atoms with Gasteiger partial charge >= 0.3 is 0 Å². The van der Waals surface area contributed by atoms with E-state index >= 15 is 0 Å². The summed E-state index contributed by atoms with van der Waals surface area (Å²) in [6, 6.07) is 0.633. The van der Waals surface area contributed by atoms with Gasteiger partial charge < -0.3 is 11.1 Å². The molecule has 0 heterocycles. The summed E-state index contributed by atoms with van der Waals surface area (Å²) in [6.45, 7) is 2.14. The molecule has 0 aromatic rings. The molecule has 3 heteroatoms. The van der Waals surface area contributed by atoms with E-state index in [4.69, 9.17) is 5.73 Å². The van der Waals surface area contributed by atoms with E-state index in [-0.39, 0.29) is 17.9 Å². The second kappa shape index (κ2) is 6.55. The number of hydrogen-bond donors (Lipinski definition) is 2. The third-order valence-electron chi connectivity index (χ3n) is 4.90. The third-order valence-corrected chi connectivity index (χ3v) is 4.90. The molecule has 3 unspecified atom stereocenters. The molecule has 0 aliphatic heterocycles. The zero-order valence-corrected chi connectivity index (χ0v) is 11.7. The van der Waals surface area contributed by atoms with Crippen molar-refractivity contribution >= 4 is 5.91 Å². The quantitative estimate of drug-likeness (QED) is 0.742. The lowest BCUT2D eigenvalue weighted by atomic mass is 9.76. The smallest absolute Gasteiger partial charge is 0.223 e. The van der Waals surface area contributed by atoms with Crippen LogP contribution >= 0.6 is 0 Å². The molecular formula is C15H28N2O. The van der Waals surface area contributed by atoms with E-state index in [0.717, 1.165) is 19.3 Å². The van der Waals surface area contributed by atoms with E-state index in [2.05, 4.69) is 12.2 Å². The van der Waals surface area contributed by atoms with Crippen LogP contribution in [0.15, 0.2) is 0 Å². The molecule has 2 rings (SSSR count). The number of rotatable bonds is 2. The summed E-state index contributed by atoms with van der Waals surface area (Å²) in [4.78, 5) is 12.4. The number of nitrogens with one attached hydrogen (secondary N) is 1. The fraction of sp³-hybridized carbons (Fsp3) is 0.933. The molecular weight excluding hydrogens is 224 g/mol. The molecule has 3 atom stereocenters. The van der Waals surface area contributed by atoms with Gasteiger partial charge in [-0.15, -0.1) is 0 Å². The van der Waals surface area contributed by atoms with Gasteiger partial charge in [-0.05, 0) is 31.6 Å². The first-order valence-corrected chi connectivity index (χ1v) is 7.74. The molecule has 0 radical (unpaired) electrons. The minimum Gasteiger partial charge on any atom is -0.353 e. The Morgan fingerprint density at radius 2 is 1.67 bits per heavy atom. The maximum Gasteiger partial charge on any atom is 0.223 e. The minimum absolute atomic E-state index is 0.150. The minimum atomic E-state index is 0.150. The third kappa shape index (κ3) is 3.47. The lowest BCUT2D eigenvalue weighted by Gasteiger charge is -2.33. The Morgan fingerprint density at radius 1 is 1.00 bits per heavy atom. The van der Waals surface area contributed by atoms with Crippen molar-refractivity contribution in [3.05, 3.63) is 0 Å². The molecule has 2 saturated carbocycles. The van der Waals surface area contributed by atoms with Gasteiger partial charge in [0.15, 0.2) is 0 Å². The maximum atomic E-state index is 12.4. The van der Waals surface area contributed by atoms with Gasteiger partial charge in [-0.3, -0.25) is 4.79 Å². The van der Waals surface area contributed by atoms with Gasteiger partial charge in [0.1, 0.15) is 0 Å². The summed E-state index contributed by atoms with van der Waals surface area (Å²) in [5.74, 6) is 0.756. The van der Waals surface area contributed by atoms with Crippen molar-refractivity contribution in [3.63, 3.8) is 0 Å². The zero-order chi connectivity index (χ0) is 13.0. The number of nitrogens with two attached hydrogens (primary N) is 1. The normalized spacial score (nSPS) is 34.9. The van der Waals surface area contributed by atoms with E-state index in [1.165, 1.54) is 38.5 Å². The maximum absolute atomic E-state index is 12.4. The van der Waals surface area contributed by atoms with Crippen LogP contribution in [0.4, 0.5) is 0 Å². The first kappa shape index (κ1) is 13.9. The van der Waals surface area contributed by atoms with Gasteiger partial charge in [0.05, 0.1) is 0 Å². The predicted octanol–water partition coefficient (Wildman–Crippen LogP) is 2.59. The van der Waals surface area contributed by atoms with E-state index in [9.17, 15) is 4.79 Å². The Hall–Kier alpha value is -0.570. The van der Waals surface area contributed by atoms with Crippen molar-refractivity contribution in [2.24, 2.45) is 17.6 Å². The predicted molar refractivity (Wildman–Crippen MR) is 74.1 cm³/mol. The average molecular weight is 252 g/mol. The molecule has 0 saturated heterocycles. The van der Waals surface area contributed by atoms with Crippen molar-refractivity contribution in [2.45, 2.75) is 76.8 Å². The van der Waals surface area contributed by atoms with Gasteiger partial charge in [-0.2, -0.15) is 0 Å². The lowest BCUT2D eigenvalue weighted by molar-refractivity contribution is -0.128. The molecule has 0 aromatic carbocycles. The van der Waals surface area contributed by atoms with Gasteiger partial charge in [0.25, 0.3) is 0 Å². The summed E-state index contributed by atoms with van der Waals surface area (Å²) >= 11 is 0. The van der Waals surface area contributed by atoms with Gasteiger partial charge in [-0.25, -0.2) is 0 Å². The largest absolute Gasteiger partial charge is 0.353 e. The summed E-state index contributed by atoms with van der Waals surface area (Å²) < 4.78 is 0. The van der Waals surface area contributed by atoms with E-state index < -0.39 is 0 Å². The Bertz CT molecular complexity index is 272. The van der Waals surface area contributed by atoms with Gasteiger partial charge in [-0.1, -0.05) is 39.0 Å². The fourth-order valence-electron chi connectivity index (χ4n) is 3.50. The molecule has 1 amide bonds. The van der Waals surface area contributed by atoms with Gasteiger partial charge in [0, 0.05) is 18.0 Å². The van der Waals surface area contributed by atoms with Gasteiger partial charge in [0.2, 0.25) is 5.91 Å². The van der Waals surface area contributed by atoms with Crippen LogP contribution in [0, 0.1) is 11.8 Å². The molecule has 3 nitrogen and oxygen atoms in total. The summed E-state index contributed by atoms with van der Waals surface area (Å²) in [6.07, 6.45) is 10.7. The van der Waals surface area contributed by atoms with Crippen molar-refractivity contribution in [2.75, 3.05) is 0 Å². The number of hydrogen-bond acceptors (Lipinski definition) is 2.